The van der Waals surface area contributed by atoms with Gasteiger partial charge in [0.1, 0.15) is 0 Å². The van der Waals surface area contributed by atoms with Gasteiger partial charge in [0.15, 0.2) is 0 Å². The molecule has 0 aromatic carbocycles. The van der Waals surface area contributed by atoms with E-state index < -0.39 is 12.2 Å². The molecule has 0 aliphatic rings. The molecule has 0 spiro atoms. The predicted octanol–water partition coefficient (Wildman–Crippen LogP) is 0.969. The first-order chi connectivity index (χ1) is 8.58. The second-order valence-electron chi connectivity index (χ2n) is 4.35. The molecule has 1 unspecified atom stereocenters. The van der Waals surface area contributed by atoms with Crippen molar-refractivity contribution >= 4 is 5.69 Å². The topological polar surface area (TPSA) is 65.8 Å². The SMILES string of the molecule is CC[C@@H](O)c1ccc(N(C)CC(O)COC)cn1. The van der Waals surface area contributed by atoms with E-state index in [9.17, 15) is 10.2 Å². The van der Waals surface area contributed by atoms with Gasteiger partial charge in [-0.3, -0.25) is 4.98 Å². The molecule has 0 aliphatic heterocycles. The van der Waals surface area contributed by atoms with Crippen molar-refractivity contribution in [1.29, 1.82) is 0 Å². The Morgan fingerprint density at radius 2 is 2.11 bits per heavy atom. The Labute approximate surface area is 108 Å². The van der Waals surface area contributed by atoms with Crippen molar-refractivity contribution in [3.05, 3.63) is 24.0 Å². The summed E-state index contributed by atoms with van der Waals surface area (Å²) in [6.07, 6.45) is 1.31. The van der Waals surface area contributed by atoms with Crippen LogP contribution >= 0.6 is 0 Å². The fourth-order valence-corrected chi connectivity index (χ4v) is 1.70. The Morgan fingerprint density at radius 3 is 2.61 bits per heavy atom. The van der Waals surface area contributed by atoms with Crippen LogP contribution in [0.2, 0.25) is 0 Å². The maximum atomic E-state index is 9.64. The van der Waals surface area contributed by atoms with E-state index >= 15 is 0 Å². The van der Waals surface area contributed by atoms with Crippen LogP contribution in [-0.2, 0) is 4.74 Å². The zero-order valence-electron chi connectivity index (χ0n) is 11.2. The summed E-state index contributed by atoms with van der Waals surface area (Å²) >= 11 is 0. The van der Waals surface area contributed by atoms with Gasteiger partial charge >= 0.3 is 0 Å². The van der Waals surface area contributed by atoms with Crippen LogP contribution in [0.1, 0.15) is 25.1 Å². The highest BCUT2D eigenvalue weighted by atomic mass is 16.5. The van der Waals surface area contributed by atoms with Crippen LogP contribution in [0.5, 0.6) is 0 Å². The number of ether oxygens (including phenoxy) is 1. The monoisotopic (exact) mass is 254 g/mol. The van der Waals surface area contributed by atoms with Gasteiger partial charge in [-0.05, 0) is 18.6 Å². The lowest BCUT2D eigenvalue weighted by molar-refractivity contribution is 0.0695. The van der Waals surface area contributed by atoms with Gasteiger partial charge in [0, 0.05) is 20.7 Å². The van der Waals surface area contributed by atoms with Crippen molar-refractivity contribution in [3.63, 3.8) is 0 Å². The molecule has 2 N–H and O–H groups in total. The maximum Gasteiger partial charge on any atom is 0.0957 e. The van der Waals surface area contributed by atoms with Gasteiger partial charge in [0.2, 0.25) is 0 Å². The average Bonchev–Trinajstić information content (AvgIpc) is 2.38. The molecule has 1 aromatic heterocycles. The maximum absolute atomic E-state index is 9.64. The summed E-state index contributed by atoms with van der Waals surface area (Å²) in [5.41, 5.74) is 1.57. The van der Waals surface area contributed by atoms with Gasteiger partial charge in [0.05, 0.1) is 36.4 Å². The number of anilines is 1. The minimum atomic E-state index is -0.527. The molecule has 102 valence electrons. The van der Waals surface area contributed by atoms with Crippen LogP contribution in [0.3, 0.4) is 0 Å². The van der Waals surface area contributed by atoms with E-state index in [1.165, 1.54) is 0 Å². The van der Waals surface area contributed by atoms with Gasteiger partial charge < -0.3 is 19.8 Å². The number of aromatic nitrogens is 1. The Balaban J connectivity index is 2.61. The number of nitrogens with zero attached hydrogens (tertiary/aromatic N) is 2. The number of rotatable bonds is 7. The number of likely N-dealkylation sites (N-methyl/N-ethyl adjacent to an activating group) is 1. The van der Waals surface area contributed by atoms with Crippen LogP contribution in [0.4, 0.5) is 5.69 Å². The van der Waals surface area contributed by atoms with E-state index in [1.54, 1.807) is 13.3 Å². The van der Waals surface area contributed by atoms with E-state index in [1.807, 2.05) is 31.0 Å². The quantitative estimate of drug-likeness (QED) is 0.759. The van der Waals surface area contributed by atoms with Crippen molar-refractivity contribution in [2.24, 2.45) is 0 Å². The first-order valence-electron chi connectivity index (χ1n) is 6.10. The van der Waals surface area contributed by atoms with Crippen LogP contribution in [0, 0.1) is 0 Å². The summed E-state index contributed by atoms with van der Waals surface area (Å²) in [6, 6.07) is 3.70. The summed E-state index contributed by atoms with van der Waals surface area (Å²) in [6.45, 7) is 2.70. The molecule has 0 aliphatic carbocycles. The zero-order chi connectivity index (χ0) is 13.5. The fraction of sp³-hybridized carbons (Fsp3) is 0.615. The molecule has 0 saturated carbocycles. The Kier molecular flexibility index (Phi) is 6.04. The van der Waals surface area contributed by atoms with Crippen molar-refractivity contribution in [2.45, 2.75) is 25.6 Å². The van der Waals surface area contributed by atoms with E-state index in [0.29, 0.717) is 25.3 Å². The lowest BCUT2D eigenvalue weighted by atomic mass is 10.2. The number of hydrogen-bond donors (Lipinski definition) is 2. The van der Waals surface area contributed by atoms with Crippen molar-refractivity contribution in [3.8, 4) is 0 Å². The van der Waals surface area contributed by atoms with Crippen LogP contribution in [-0.4, -0.2) is 48.6 Å². The highest BCUT2D eigenvalue weighted by Gasteiger charge is 2.10. The molecule has 5 heteroatoms. The van der Waals surface area contributed by atoms with Gasteiger partial charge in [-0.25, -0.2) is 0 Å². The number of aliphatic hydroxyl groups excluding tert-OH is 2. The molecule has 0 amide bonds. The smallest absolute Gasteiger partial charge is 0.0957 e. The Morgan fingerprint density at radius 1 is 1.39 bits per heavy atom. The molecule has 2 atom stereocenters. The fourth-order valence-electron chi connectivity index (χ4n) is 1.70. The Bertz CT molecular complexity index is 343. The summed E-state index contributed by atoms with van der Waals surface area (Å²) in [4.78, 5) is 6.12. The number of aliphatic hydroxyl groups is 2. The molecular weight excluding hydrogens is 232 g/mol. The summed E-state index contributed by atoms with van der Waals surface area (Å²) in [7, 11) is 3.44. The third kappa shape index (κ3) is 4.25. The van der Waals surface area contributed by atoms with Crippen molar-refractivity contribution < 1.29 is 14.9 Å². The molecule has 0 radical (unpaired) electrons. The first-order valence-corrected chi connectivity index (χ1v) is 6.10. The van der Waals surface area contributed by atoms with E-state index in [2.05, 4.69) is 4.98 Å². The Hall–Kier alpha value is -1.17. The number of hydrogen-bond acceptors (Lipinski definition) is 5. The predicted molar refractivity (Wildman–Crippen MR) is 70.6 cm³/mol. The highest BCUT2D eigenvalue weighted by Crippen LogP contribution is 2.17. The van der Waals surface area contributed by atoms with E-state index in [4.69, 9.17) is 4.74 Å². The normalized spacial score (nSPS) is 14.3. The molecule has 0 bridgehead atoms. The molecule has 0 saturated heterocycles. The van der Waals surface area contributed by atoms with Gasteiger partial charge in [0.25, 0.3) is 0 Å². The van der Waals surface area contributed by atoms with Crippen LogP contribution in [0.15, 0.2) is 18.3 Å². The molecule has 5 nitrogen and oxygen atoms in total. The minimum absolute atomic E-state index is 0.310. The second kappa shape index (κ2) is 7.31. The van der Waals surface area contributed by atoms with E-state index in [-0.39, 0.29) is 0 Å². The molecule has 1 heterocycles. The van der Waals surface area contributed by atoms with Crippen molar-refractivity contribution in [1.82, 2.24) is 4.98 Å². The molecule has 18 heavy (non-hydrogen) atoms. The average molecular weight is 254 g/mol. The number of pyridine rings is 1. The summed E-state index contributed by atoms with van der Waals surface area (Å²) < 4.78 is 4.88. The largest absolute Gasteiger partial charge is 0.389 e. The molecular formula is C13H22N2O3. The third-order valence-corrected chi connectivity index (χ3v) is 2.78. The second-order valence-corrected chi connectivity index (χ2v) is 4.35. The van der Waals surface area contributed by atoms with Gasteiger partial charge in [-0.2, -0.15) is 0 Å². The molecule has 0 fully saturated rings. The standard InChI is InChI=1S/C13H22N2O3/c1-4-13(17)12-6-5-10(7-14-12)15(2)8-11(16)9-18-3/h5-7,11,13,16-17H,4,8-9H2,1-3H3/t11?,13-/m1/s1. The minimum Gasteiger partial charge on any atom is -0.389 e. The molecule has 1 aromatic rings. The summed E-state index contributed by atoms with van der Waals surface area (Å²) in [5, 5.41) is 19.3. The molecule has 1 rings (SSSR count). The lowest BCUT2D eigenvalue weighted by Crippen LogP contribution is -2.31. The van der Waals surface area contributed by atoms with Crippen molar-refractivity contribution in [2.75, 3.05) is 32.2 Å². The van der Waals surface area contributed by atoms with E-state index in [0.717, 1.165) is 5.69 Å². The van der Waals surface area contributed by atoms with Gasteiger partial charge in [-0.1, -0.05) is 6.92 Å². The zero-order valence-corrected chi connectivity index (χ0v) is 11.2. The third-order valence-electron chi connectivity index (χ3n) is 2.78. The first kappa shape index (κ1) is 14.9. The lowest BCUT2D eigenvalue weighted by Gasteiger charge is -2.22. The van der Waals surface area contributed by atoms with Gasteiger partial charge in [-0.15, -0.1) is 0 Å². The number of methoxy groups -OCH3 is 1. The van der Waals surface area contributed by atoms with Crippen LogP contribution < -0.4 is 4.90 Å². The summed E-state index contributed by atoms with van der Waals surface area (Å²) in [5.74, 6) is 0. The van der Waals surface area contributed by atoms with Crippen LogP contribution in [0.25, 0.3) is 0 Å². The highest BCUT2D eigenvalue weighted by molar-refractivity contribution is 5.43.